The average molecular weight is 1490 g/mol. The molecule has 0 radical (unpaired) electrons. The molecule has 8 aromatic carbocycles. The fraction of sp³-hybridized carbons (Fsp3) is 0.257. The van der Waals surface area contributed by atoms with Crippen LogP contribution in [0.4, 0.5) is 27.1 Å². The molecule has 502 valence electrons. The van der Waals surface area contributed by atoms with Crippen LogP contribution in [0.15, 0.2) is 163 Å². The minimum absolute atomic E-state index is 0.0719. The lowest BCUT2D eigenvalue weighted by Gasteiger charge is -2.24. The molecule has 0 N–H and O–H groups in total. The summed E-state index contributed by atoms with van der Waals surface area (Å²) in [5, 5.41) is 4.96. The molecule has 0 saturated heterocycles. The third kappa shape index (κ3) is 25.6. The molecule has 0 bridgehead atoms. The first-order chi connectivity index (χ1) is 44.5. The van der Waals surface area contributed by atoms with Gasteiger partial charge < -0.3 is 52.8 Å². The number of methoxy groups -OCH3 is 1. The number of rotatable bonds is 22. The van der Waals surface area contributed by atoms with E-state index in [4.69, 9.17) is 149 Å². The van der Waals surface area contributed by atoms with Crippen LogP contribution in [0.2, 0.25) is 50.2 Å². The second-order valence-electron chi connectivity index (χ2n) is 21.9. The van der Waals surface area contributed by atoms with Crippen molar-refractivity contribution < 1.29 is 47.1 Å². The molecule has 0 unspecified atom stereocenters. The highest BCUT2D eigenvalue weighted by Crippen LogP contribution is 2.42. The molecule has 0 heterocycles. The summed E-state index contributed by atoms with van der Waals surface area (Å²) in [7, 11) is 9.03. The molecule has 8 rings (SSSR count). The highest BCUT2D eigenvalue weighted by Gasteiger charge is 2.24. The standard InChI is InChI=1S/C19H20Cl3NO3.C18H18Cl3NO3.C18H18Cl3NO.C15H15ClFNO2/c1-19(2,3)18(24)25-11-23(4)15-7-5-13(21)10-17(15)26-16-8-6-12(20)9-14(16)22;1-3-4-18(23)24-11-22(2)15-7-5-13(20)10-17(15)25-16-8-6-12(19)9-14(16)21;1-12(2)8-9-22(3)16-6-4-14(20)11-18(16)23-17-7-5-13(19)10-15(17)21;1-18(10-19-2)13-8-7-11(16)9-15(13)20-14-6-4-3-5-12(14)17/h5-10H,11H2,1-4H3;5-10H,3-4,11H2,1-2H3;4-8,10-11H,9H2,1-3H3;3-9H,10H2,1-2H3. The van der Waals surface area contributed by atoms with Crippen molar-refractivity contribution in [2.45, 2.75) is 54.4 Å². The number of para-hydroxylation sites is 1. The summed E-state index contributed by atoms with van der Waals surface area (Å²) in [6.45, 7) is 12.8. The van der Waals surface area contributed by atoms with Crippen LogP contribution in [-0.4, -0.2) is 74.0 Å². The Kier molecular flexibility index (Phi) is 32.0. The first kappa shape index (κ1) is 78.3. The van der Waals surface area contributed by atoms with Gasteiger partial charge in [-0.05, 0) is 156 Å². The average Bonchev–Trinajstić information content (AvgIpc) is 0.883. The van der Waals surface area contributed by atoms with Gasteiger partial charge in [-0.3, -0.25) is 9.59 Å². The predicted octanol–water partition coefficient (Wildman–Crippen LogP) is 23.8. The van der Waals surface area contributed by atoms with Crippen LogP contribution in [0.3, 0.4) is 0 Å². The van der Waals surface area contributed by atoms with Crippen LogP contribution >= 0.6 is 116 Å². The summed E-state index contributed by atoms with van der Waals surface area (Å²) in [5.41, 5.74) is 3.78. The number of esters is 2. The van der Waals surface area contributed by atoms with Crippen LogP contribution in [0.25, 0.3) is 0 Å². The zero-order valence-electron chi connectivity index (χ0n) is 53.4. The number of nitrogens with zero attached hydrogens (tertiary/aromatic N) is 4. The number of carbonyl (C=O) groups excluding carboxylic acids is 2. The van der Waals surface area contributed by atoms with Gasteiger partial charge in [0.25, 0.3) is 0 Å². The van der Waals surface area contributed by atoms with Gasteiger partial charge in [0.15, 0.2) is 48.0 Å². The van der Waals surface area contributed by atoms with Gasteiger partial charge >= 0.3 is 11.9 Å². The molecule has 0 aliphatic heterocycles. The van der Waals surface area contributed by atoms with Crippen molar-refractivity contribution in [2.75, 3.05) is 81.6 Å². The molecule has 0 aliphatic rings. The first-order valence-corrected chi connectivity index (χ1v) is 32.5. The Balaban J connectivity index is 0.000000228. The maximum Gasteiger partial charge on any atom is 0.312 e. The van der Waals surface area contributed by atoms with E-state index in [1.807, 2.05) is 38.1 Å². The fourth-order valence-electron chi connectivity index (χ4n) is 7.85. The summed E-state index contributed by atoms with van der Waals surface area (Å²) >= 11 is 60.6. The van der Waals surface area contributed by atoms with Gasteiger partial charge in [0.1, 0.15) is 24.0 Å². The quantitative estimate of drug-likeness (QED) is 0.0365. The zero-order chi connectivity index (χ0) is 69.4. The van der Waals surface area contributed by atoms with Crippen molar-refractivity contribution in [3.05, 3.63) is 219 Å². The van der Waals surface area contributed by atoms with Gasteiger partial charge in [0, 0.05) is 108 Å². The fourth-order valence-corrected chi connectivity index (χ4v) is 9.84. The van der Waals surface area contributed by atoms with Crippen LogP contribution < -0.4 is 38.5 Å². The maximum atomic E-state index is 13.7. The second kappa shape index (κ2) is 38.4. The third-order valence-corrected chi connectivity index (χ3v) is 15.2. The number of carbonyl (C=O) groups is 2. The largest absolute Gasteiger partial charge is 0.454 e. The molecular weight excluding hydrogens is 1410 g/mol. The molecule has 8 aromatic rings. The molecule has 0 atom stereocenters. The summed E-state index contributed by atoms with van der Waals surface area (Å²) in [6.07, 6.45) is 3.28. The topological polar surface area (TPSA) is 112 Å². The number of anilines is 4. The molecule has 24 heteroatoms. The highest BCUT2D eigenvalue weighted by atomic mass is 35.5. The van der Waals surface area contributed by atoms with Gasteiger partial charge in [-0.1, -0.05) is 147 Å². The lowest BCUT2D eigenvalue weighted by atomic mass is 9.98. The van der Waals surface area contributed by atoms with E-state index in [9.17, 15) is 14.0 Å². The van der Waals surface area contributed by atoms with Gasteiger partial charge in [-0.2, -0.15) is 0 Å². The Morgan fingerprint density at radius 2 is 0.766 bits per heavy atom. The molecule has 0 saturated carbocycles. The van der Waals surface area contributed by atoms with E-state index >= 15 is 0 Å². The van der Waals surface area contributed by atoms with Crippen molar-refractivity contribution in [1.29, 1.82) is 0 Å². The summed E-state index contributed by atoms with van der Waals surface area (Å²) in [6, 6.07) is 42.4. The van der Waals surface area contributed by atoms with Gasteiger partial charge in [0.05, 0.1) is 43.2 Å². The van der Waals surface area contributed by atoms with Crippen molar-refractivity contribution >= 4 is 151 Å². The number of benzene rings is 8. The normalized spacial score (nSPS) is 10.6. The smallest absolute Gasteiger partial charge is 0.312 e. The lowest BCUT2D eigenvalue weighted by Crippen LogP contribution is -2.29. The van der Waals surface area contributed by atoms with Crippen LogP contribution in [0, 0.1) is 11.2 Å². The molecule has 0 aromatic heterocycles. The highest BCUT2D eigenvalue weighted by molar-refractivity contribution is 6.37. The first-order valence-electron chi connectivity index (χ1n) is 28.8. The summed E-state index contributed by atoms with van der Waals surface area (Å²) in [5.74, 6) is 2.72. The van der Waals surface area contributed by atoms with E-state index in [0.717, 1.165) is 24.3 Å². The Bertz CT molecular complexity index is 3860. The van der Waals surface area contributed by atoms with E-state index in [1.54, 1.807) is 185 Å². The van der Waals surface area contributed by atoms with Crippen molar-refractivity contribution in [2.24, 2.45) is 5.41 Å². The third-order valence-electron chi connectivity index (χ3n) is 12.7. The summed E-state index contributed by atoms with van der Waals surface area (Å²) in [4.78, 5) is 31.0. The Hall–Kier alpha value is -6.37. The van der Waals surface area contributed by atoms with Crippen molar-refractivity contribution in [1.82, 2.24) is 0 Å². The van der Waals surface area contributed by atoms with Crippen molar-refractivity contribution in [3.8, 4) is 46.0 Å². The monoisotopic (exact) mass is 1480 g/mol. The minimum atomic E-state index is -0.572. The molecule has 13 nitrogen and oxygen atoms in total. The number of hydrogen-bond donors (Lipinski definition) is 0. The van der Waals surface area contributed by atoms with Gasteiger partial charge in [-0.25, -0.2) is 4.39 Å². The Morgan fingerprint density at radius 1 is 0.436 bits per heavy atom. The van der Waals surface area contributed by atoms with E-state index in [2.05, 4.69) is 24.8 Å². The molecule has 0 fully saturated rings. The number of ether oxygens (including phenoxy) is 7. The molecule has 0 aliphatic carbocycles. The lowest BCUT2D eigenvalue weighted by molar-refractivity contribution is -0.152. The zero-order valence-corrected chi connectivity index (χ0v) is 60.9. The number of likely N-dealkylation sites (N-methyl/N-ethyl adjacent to an activating group) is 1. The predicted molar refractivity (Wildman–Crippen MR) is 388 cm³/mol. The Labute approximate surface area is 600 Å². The second-order valence-corrected chi connectivity index (χ2v) is 26.2. The van der Waals surface area contributed by atoms with Gasteiger partial charge in [0.2, 0.25) is 0 Å². The van der Waals surface area contributed by atoms with Crippen molar-refractivity contribution in [3.63, 3.8) is 0 Å². The van der Waals surface area contributed by atoms with E-state index in [-0.39, 0.29) is 31.1 Å². The van der Waals surface area contributed by atoms with Crippen LogP contribution in [-0.2, 0) is 23.8 Å². The number of hydrogen-bond acceptors (Lipinski definition) is 13. The SMILES string of the molecule is CC(C)=CCN(C)c1ccc(Cl)cc1Oc1ccc(Cl)cc1Cl.CCCC(=O)OCN(C)c1ccc(Cl)cc1Oc1ccc(Cl)cc1Cl.CN(COC(=O)C(C)(C)C)c1ccc(Cl)cc1Oc1ccc(Cl)cc1Cl.COCN(C)c1ccc(Cl)cc1Oc1ccccc1F. The van der Waals surface area contributed by atoms with Crippen LogP contribution in [0.1, 0.15) is 54.4 Å². The number of halogens is 11. The molecule has 0 spiro atoms. The minimum Gasteiger partial charge on any atom is -0.454 e. The Morgan fingerprint density at radius 3 is 1.11 bits per heavy atom. The van der Waals surface area contributed by atoms with Crippen LogP contribution in [0.5, 0.6) is 46.0 Å². The van der Waals surface area contributed by atoms with E-state index in [1.165, 1.54) is 11.6 Å². The summed E-state index contributed by atoms with van der Waals surface area (Å²) < 4.78 is 52.7. The molecular formula is C70H71Cl10FN4O9. The van der Waals surface area contributed by atoms with E-state index < -0.39 is 11.2 Å². The molecule has 94 heavy (non-hydrogen) atoms. The maximum absolute atomic E-state index is 13.7. The molecule has 0 amide bonds. The van der Waals surface area contributed by atoms with Gasteiger partial charge in [-0.15, -0.1) is 0 Å². The number of allylic oxidation sites excluding steroid dienone is 1. The van der Waals surface area contributed by atoms with E-state index in [0.29, 0.717) is 115 Å².